The lowest BCUT2D eigenvalue weighted by molar-refractivity contribution is 0.0963. The molecular formula is C22H16Cl3FN2O3. The number of carbonyl (C=O) groups excluding carboxylic acids is 2. The zero-order chi connectivity index (χ0) is 22.7. The lowest BCUT2D eigenvalue weighted by Gasteiger charge is -2.17. The number of hydrogen-bond donors (Lipinski definition) is 2. The Kier molecular flexibility index (Phi) is 7.05. The van der Waals surface area contributed by atoms with Crippen LogP contribution >= 0.6 is 34.8 Å². The van der Waals surface area contributed by atoms with Gasteiger partial charge in [-0.15, -0.1) is 0 Å². The number of aryl methyl sites for hydroxylation is 1. The molecule has 31 heavy (non-hydrogen) atoms. The van der Waals surface area contributed by atoms with Crippen LogP contribution in [0, 0.1) is 19.7 Å². The van der Waals surface area contributed by atoms with Gasteiger partial charge in [0.05, 0.1) is 21.3 Å². The Morgan fingerprint density at radius 3 is 2.35 bits per heavy atom. The first-order valence-electron chi connectivity index (χ1n) is 8.97. The second-order valence-electron chi connectivity index (χ2n) is 6.57. The monoisotopic (exact) mass is 480 g/mol. The fourth-order valence-electron chi connectivity index (χ4n) is 2.74. The number of anilines is 1. The fraction of sp³-hybridized carbons (Fsp3) is 0.0909. The highest BCUT2D eigenvalue weighted by atomic mass is 35.5. The molecule has 0 spiro atoms. The van der Waals surface area contributed by atoms with Gasteiger partial charge in [0, 0.05) is 10.6 Å². The molecule has 0 aliphatic carbocycles. The number of ether oxygens (including phenoxy) is 1. The molecule has 0 saturated carbocycles. The molecule has 3 amide bonds. The number of imide groups is 1. The van der Waals surface area contributed by atoms with Crippen molar-refractivity contribution in [1.82, 2.24) is 5.32 Å². The fourth-order valence-corrected chi connectivity index (χ4v) is 3.48. The van der Waals surface area contributed by atoms with Crippen molar-refractivity contribution in [1.29, 1.82) is 0 Å². The van der Waals surface area contributed by atoms with E-state index in [2.05, 4.69) is 10.6 Å². The van der Waals surface area contributed by atoms with Crippen molar-refractivity contribution in [3.05, 3.63) is 86.1 Å². The first-order valence-corrected chi connectivity index (χ1v) is 10.1. The van der Waals surface area contributed by atoms with E-state index >= 15 is 0 Å². The zero-order valence-corrected chi connectivity index (χ0v) is 18.6. The van der Waals surface area contributed by atoms with Crippen molar-refractivity contribution in [3.63, 3.8) is 0 Å². The van der Waals surface area contributed by atoms with Crippen LogP contribution in [0.3, 0.4) is 0 Å². The van der Waals surface area contributed by atoms with Gasteiger partial charge in [-0.1, -0.05) is 46.9 Å². The van der Waals surface area contributed by atoms with Gasteiger partial charge in [0.15, 0.2) is 0 Å². The summed E-state index contributed by atoms with van der Waals surface area (Å²) in [7, 11) is 0. The quantitative estimate of drug-likeness (QED) is 0.415. The van der Waals surface area contributed by atoms with E-state index in [4.69, 9.17) is 39.5 Å². The molecule has 0 saturated heterocycles. The first kappa shape index (κ1) is 22.9. The predicted octanol–water partition coefficient (Wildman–Crippen LogP) is 7.16. The van der Waals surface area contributed by atoms with Gasteiger partial charge in [0.2, 0.25) is 0 Å². The van der Waals surface area contributed by atoms with Crippen molar-refractivity contribution in [2.75, 3.05) is 5.32 Å². The van der Waals surface area contributed by atoms with E-state index in [-0.39, 0.29) is 16.3 Å². The van der Waals surface area contributed by atoms with E-state index in [1.54, 1.807) is 38.1 Å². The van der Waals surface area contributed by atoms with Gasteiger partial charge in [-0.25, -0.2) is 9.18 Å². The summed E-state index contributed by atoms with van der Waals surface area (Å²) >= 11 is 18.5. The molecule has 0 fully saturated rings. The summed E-state index contributed by atoms with van der Waals surface area (Å²) in [6.07, 6.45) is 0. The number of amides is 3. The molecule has 0 radical (unpaired) electrons. The molecule has 0 aromatic heterocycles. The summed E-state index contributed by atoms with van der Waals surface area (Å²) in [5, 5.41) is 5.62. The summed E-state index contributed by atoms with van der Waals surface area (Å²) in [5.41, 5.74) is 1.14. The predicted molar refractivity (Wildman–Crippen MR) is 120 cm³/mol. The number of rotatable bonds is 4. The van der Waals surface area contributed by atoms with Crippen LogP contribution in [0.15, 0.2) is 48.5 Å². The Bertz CT molecular complexity index is 1180. The molecule has 0 atom stereocenters. The highest BCUT2D eigenvalue weighted by molar-refractivity contribution is 6.36. The second kappa shape index (κ2) is 9.56. The number of halogens is 4. The standard InChI is InChI=1S/C22H16Cl3FN2O3/c1-11-9-18(31-17-8-7-13(23)10-15(17)24)12(2)19(25)20(11)27-22(30)28-21(29)14-5-3-4-6-16(14)26/h3-10H,1-2H3,(H2,27,28,29,30). The van der Waals surface area contributed by atoms with Gasteiger partial charge in [-0.05, 0) is 55.8 Å². The maximum atomic E-state index is 13.7. The van der Waals surface area contributed by atoms with E-state index in [0.29, 0.717) is 32.7 Å². The lowest BCUT2D eigenvalue weighted by atomic mass is 10.1. The van der Waals surface area contributed by atoms with Crippen molar-refractivity contribution in [2.24, 2.45) is 0 Å². The molecule has 3 aromatic rings. The highest BCUT2D eigenvalue weighted by Gasteiger charge is 2.19. The third kappa shape index (κ3) is 5.28. The largest absolute Gasteiger partial charge is 0.455 e. The molecule has 0 aliphatic rings. The van der Waals surface area contributed by atoms with E-state index in [1.807, 2.05) is 0 Å². The molecule has 9 heteroatoms. The number of hydrogen-bond acceptors (Lipinski definition) is 3. The second-order valence-corrected chi connectivity index (χ2v) is 7.79. The van der Waals surface area contributed by atoms with Crippen molar-refractivity contribution < 1.29 is 18.7 Å². The van der Waals surface area contributed by atoms with Gasteiger partial charge in [0.25, 0.3) is 5.91 Å². The normalized spacial score (nSPS) is 10.5. The van der Waals surface area contributed by atoms with Crippen LogP contribution in [0.5, 0.6) is 11.5 Å². The van der Waals surface area contributed by atoms with Gasteiger partial charge in [0.1, 0.15) is 17.3 Å². The van der Waals surface area contributed by atoms with E-state index in [9.17, 15) is 14.0 Å². The SMILES string of the molecule is Cc1cc(Oc2ccc(Cl)cc2Cl)c(C)c(Cl)c1NC(=O)NC(=O)c1ccccc1F. The Hall–Kier alpha value is -2.80. The van der Waals surface area contributed by atoms with Gasteiger partial charge >= 0.3 is 6.03 Å². The minimum Gasteiger partial charge on any atom is -0.455 e. The summed E-state index contributed by atoms with van der Waals surface area (Å²) in [5.74, 6) is -0.794. The highest BCUT2D eigenvalue weighted by Crippen LogP contribution is 2.39. The molecule has 0 aliphatic heterocycles. The molecular weight excluding hydrogens is 466 g/mol. The molecule has 0 unspecified atom stereocenters. The maximum Gasteiger partial charge on any atom is 0.326 e. The average Bonchev–Trinajstić information content (AvgIpc) is 2.71. The minimum absolute atomic E-state index is 0.216. The maximum absolute atomic E-state index is 13.7. The van der Waals surface area contributed by atoms with Gasteiger partial charge in [-0.2, -0.15) is 0 Å². The van der Waals surface area contributed by atoms with Crippen LogP contribution in [0.25, 0.3) is 0 Å². The van der Waals surface area contributed by atoms with Crippen molar-refractivity contribution in [3.8, 4) is 11.5 Å². The zero-order valence-electron chi connectivity index (χ0n) is 16.4. The van der Waals surface area contributed by atoms with Crippen LogP contribution in [-0.4, -0.2) is 11.9 Å². The molecule has 3 rings (SSSR count). The van der Waals surface area contributed by atoms with Crippen LogP contribution in [0.1, 0.15) is 21.5 Å². The Labute approximate surface area is 193 Å². The molecule has 2 N–H and O–H groups in total. The summed E-state index contributed by atoms with van der Waals surface area (Å²) in [6, 6.07) is 11.0. The molecule has 160 valence electrons. The van der Waals surface area contributed by atoms with Gasteiger partial charge in [-0.3, -0.25) is 10.1 Å². The van der Waals surface area contributed by atoms with E-state index in [0.717, 1.165) is 6.07 Å². The van der Waals surface area contributed by atoms with Crippen LogP contribution in [0.4, 0.5) is 14.9 Å². The third-order valence-electron chi connectivity index (χ3n) is 4.36. The number of urea groups is 1. The number of carbonyl (C=O) groups is 2. The topological polar surface area (TPSA) is 67.4 Å². The number of nitrogens with one attached hydrogen (secondary N) is 2. The molecule has 3 aromatic carbocycles. The summed E-state index contributed by atoms with van der Waals surface area (Å²) in [4.78, 5) is 24.4. The van der Waals surface area contributed by atoms with E-state index < -0.39 is 17.8 Å². The van der Waals surface area contributed by atoms with E-state index in [1.165, 1.54) is 18.2 Å². The average molecular weight is 482 g/mol. The molecule has 0 bridgehead atoms. The Morgan fingerprint density at radius 2 is 1.68 bits per heavy atom. The van der Waals surface area contributed by atoms with Crippen LogP contribution in [-0.2, 0) is 0 Å². The van der Waals surface area contributed by atoms with Crippen LogP contribution < -0.4 is 15.4 Å². The Morgan fingerprint density at radius 1 is 0.968 bits per heavy atom. The Balaban J connectivity index is 1.79. The van der Waals surface area contributed by atoms with Crippen molar-refractivity contribution in [2.45, 2.75) is 13.8 Å². The first-order chi connectivity index (χ1) is 14.7. The lowest BCUT2D eigenvalue weighted by Crippen LogP contribution is -2.35. The van der Waals surface area contributed by atoms with Crippen molar-refractivity contribution >= 4 is 52.4 Å². The molecule has 0 heterocycles. The number of benzene rings is 3. The third-order valence-corrected chi connectivity index (χ3v) is 5.36. The smallest absolute Gasteiger partial charge is 0.326 e. The minimum atomic E-state index is -0.876. The summed E-state index contributed by atoms with van der Waals surface area (Å²) in [6.45, 7) is 3.41. The van der Waals surface area contributed by atoms with Crippen LogP contribution in [0.2, 0.25) is 15.1 Å². The molecule has 5 nitrogen and oxygen atoms in total. The van der Waals surface area contributed by atoms with Gasteiger partial charge < -0.3 is 10.1 Å². The summed E-state index contributed by atoms with van der Waals surface area (Å²) < 4.78 is 19.6.